The summed E-state index contributed by atoms with van der Waals surface area (Å²) in [6, 6.07) is 14.7. The predicted octanol–water partition coefficient (Wildman–Crippen LogP) is 5.97. The van der Waals surface area contributed by atoms with Crippen LogP contribution in [0.5, 0.6) is 5.88 Å². The van der Waals surface area contributed by atoms with Crippen LogP contribution in [-0.4, -0.2) is 51.7 Å². The van der Waals surface area contributed by atoms with Crippen molar-refractivity contribution in [3.05, 3.63) is 66.2 Å². The number of hydrogen-bond acceptors (Lipinski definition) is 6. The second kappa shape index (κ2) is 11.1. The van der Waals surface area contributed by atoms with Crippen molar-refractivity contribution in [2.45, 2.75) is 45.1 Å². The van der Waals surface area contributed by atoms with Crippen LogP contribution in [0.25, 0.3) is 33.6 Å². The molecule has 1 atom stereocenters. The summed E-state index contributed by atoms with van der Waals surface area (Å²) in [6.45, 7) is 4.41. The molecule has 1 aliphatic heterocycles. The number of ether oxygens (including phenoxy) is 1. The van der Waals surface area contributed by atoms with E-state index in [9.17, 15) is 9.18 Å². The third-order valence-corrected chi connectivity index (χ3v) is 6.83. The van der Waals surface area contributed by atoms with Gasteiger partial charge in [0.15, 0.2) is 0 Å². The van der Waals surface area contributed by atoms with Crippen molar-refractivity contribution < 1.29 is 23.4 Å². The molecule has 1 aliphatic rings. The first kappa shape index (κ1) is 24.9. The number of rotatable bonds is 9. The van der Waals surface area contributed by atoms with Crippen molar-refractivity contribution in [1.82, 2.24) is 14.9 Å². The van der Waals surface area contributed by atoms with Crippen LogP contribution < -0.4 is 4.74 Å². The van der Waals surface area contributed by atoms with Crippen LogP contribution in [0, 0.1) is 5.82 Å². The topological polar surface area (TPSA) is 88.7 Å². The molecule has 1 fully saturated rings. The summed E-state index contributed by atoms with van der Waals surface area (Å²) < 4.78 is 27.5. The smallest absolute Gasteiger partial charge is 0.303 e. The molecule has 37 heavy (non-hydrogen) atoms. The highest BCUT2D eigenvalue weighted by atomic mass is 19.1. The standard InChI is InChI=1S/C29H30FN3O4/c1-2-19-11-13-20(14-12-19)25-26-28(36-21-7-5-15-33(17-21)16-6-10-24(34)35)31-18-32-29(26)37-27(25)22-8-3-4-9-23(22)30/h3-4,8-9,11-14,18,21H,2,5-7,10,15-17H2,1H3,(H,34,35). The molecule has 1 saturated heterocycles. The highest BCUT2D eigenvalue weighted by Gasteiger charge is 2.27. The van der Waals surface area contributed by atoms with Crippen LogP contribution in [0.15, 0.2) is 59.3 Å². The third-order valence-electron chi connectivity index (χ3n) is 6.83. The number of carboxylic acids is 1. The molecule has 4 aromatic rings. The number of likely N-dealkylation sites (tertiary alicyclic amines) is 1. The number of furan rings is 1. The normalized spacial score (nSPS) is 16.2. The van der Waals surface area contributed by atoms with Gasteiger partial charge in [-0.3, -0.25) is 9.69 Å². The predicted molar refractivity (Wildman–Crippen MR) is 139 cm³/mol. The molecule has 0 saturated carbocycles. The Morgan fingerprint density at radius 2 is 2.00 bits per heavy atom. The average Bonchev–Trinajstić information content (AvgIpc) is 3.29. The zero-order chi connectivity index (χ0) is 25.8. The van der Waals surface area contributed by atoms with Gasteiger partial charge in [0.1, 0.15) is 29.4 Å². The number of nitrogens with zero attached hydrogens (tertiary/aromatic N) is 3. The van der Waals surface area contributed by atoms with E-state index in [1.807, 2.05) is 12.1 Å². The maximum atomic E-state index is 14.9. The number of carbonyl (C=O) groups is 1. The van der Waals surface area contributed by atoms with E-state index in [1.165, 1.54) is 18.0 Å². The largest absolute Gasteiger partial charge is 0.481 e. The second-order valence-electron chi connectivity index (χ2n) is 9.38. The molecule has 0 bridgehead atoms. The molecular weight excluding hydrogens is 473 g/mol. The summed E-state index contributed by atoms with van der Waals surface area (Å²) in [4.78, 5) is 22.0. The lowest BCUT2D eigenvalue weighted by molar-refractivity contribution is -0.137. The molecule has 0 aliphatic carbocycles. The van der Waals surface area contributed by atoms with E-state index in [4.69, 9.17) is 14.3 Å². The molecule has 3 heterocycles. The first-order valence-corrected chi connectivity index (χ1v) is 12.8. The van der Waals surface area contributed by atoms with Crippen molar-refractivity contribution in [3.8, 4) is 28.3 Å². The summed E-state index contributed by atoms with van der Waals surface area (Å²) in [7, 11) is 0. The first-order chi connectivity index (χ1) is 18.0. The minimum Gasteiger partial charge on any atom is -0.481 e. The third kappa shape index (κ3) is 5.49. The van der Waals surface area contributed by atoms with Crippen LogP contribution in [0.3, 0.4) is 0 Å². The SMILES string of the molecule is CCc1ccc(-c2c(-c3ccccc3F)oc3ncnc(OC4CCCN(CCCC(=O)O)C4)c23)cc1. The summed E-state index contributed by atoms with van der Waals surface area (Å²) in [5, 5.41) is 9.57. The molecule has 0 spiro atoms. The Bertz CT molecular complexity index is 1390. The number of aliphatic carboxylic acids is 1. The van der Waals surface area contributed by atoms with Crippen LogP contribution in [-0.2, 0) is 11.2 Å². The van der Waals surface area contributed by atoms with Gasteiger partial charge in [0.25, 0.3) is 0 Å². The zero-order valence-electron chi connectivity index (χ0n) is 20.8. The molecule has 5 rings (SSSR count). The zero-order valence-corrected chi connectivity index (χ0v) is 20.8. The number of benzene rings is 2. The van der Waals surface area contributed by atoms with Gasteiger partial charge in [-0.05, 0) is 62.0 Å². The summed E-state index contributed by atoms with van der Waals surface area (Å²) >= 11 is 0. The van der Waals surface area contributed by atoms with Gasteiger partial charge in [0.2, 0.25) is 11.6 Å². The Morgan fingerprint density at radius 1 is 1.19 bits per heavy atom. The molecule has 1 N–H and O–H groups in total. The van der Waals surface area contributed by atoms with E-state index < -0.39 is 5.97 Å². The summed E-state index contributed by atoms with van der Waals surface area (Å²) in [5.74, 6) is -0.365. The highest BCUT2D eigenvalue weighted by Crippen LogP contribution is 2.44. The van der Waals surface area contributed by atoms with Gasteiger partial charge in [-0.25, -0.2) is 14.4 Å². The number of fused-ring (bicyclic) bond motifs is 1. The molecule has 0 radical (unpaired) electrons. The fourth-order valence-electron chi connectivity index (χ4n) is 4.94. The van der Waals surface area contributed by atoms with Gasteiger partial charge in [-0.2, -0.15) is 0 Å². The Morgan fingerprint density at radius 3 is 2.76 bits per heavy atom. The van der Waals surface area contributed by atoms with E-state index >= 15 is 0 Å². The Balaban J connectivity index is 1.53. The van der Waals surface area contributed by atoms with Gasteiger partial charge >= 0.3 is 5.97 Å². The number of hydrogen-bond donors (Lipinski definition) is 1. The Kier molecular flexibility index (Phi) is 7.46. The van der Waals surface area contributed by atoms with Gasteiger partial charge in [0.05, 0.1) is 5.56 Å². The van der Waals surface area contributed by atoms with Crippen LogP contribution in [0.2, 0.25) is 0 Å². The molecule has 192 valence electrons. The molecule has 7 nitrogen and oxygen atoms in total. The van der Waals surface area contributed by atoms with E-state index in [0.29, 0.717) is 53.4 Å². The van der Waals surface area contributed by atoms with Crippen LogP contribution in [0.4, 0.5) is 4.39 Å². The van der Waals surface area contributed by atoms with E-state index in [-0.39, 0.29) is 18.3 Å². The number of carboxylic acid groups (broad SMARTS) is 1. The summed E-state index contributed by atoms with van der Waals surface area (Å²) in [6.07, 6.45) is 4.77. The molecule has 8 heteroatoms. The molecule has 2 aromatic heterocycles. The van der Waals surface area contributed by atoms with Gasteiger partial charge in [0, 0.05) is 18.5 Å². The fraction of sp³-hybridized carbons (Fsp3) is 0.345. The Hall–Kier alpha value is -3.78. The maximum absolute atomic E-state index is 14.9. The lowest BCUT2D eigenvalue weighted by atomic mass is 9.98. The molecular formula is C29H30FN3O4. The molecule has 0 amide bonds. The fourth-order valence-corrected chi connectivity index (χ4v) is 4.94. The second-order valence-corrected chi connectivity index (χ2v) is 9.38. The highest BCUT2D eigenvalue weighted by molar-refractivity contribution is 6.03. The van der Waals surface area contributed by atoms with Crippen molar-refractivity contribution in [2.24, 2.45) is 0 Å². The first-order valence-electron chi connectivity index (χ1n) is 12.8. The number of piperidine rings is 1. The van der Waals surface area contributed by atoms with Gasteiger partial charge in [-0.15, -0.1) is 0 Å². The minimum absolute atomic E-state index is 0.112. The van der Waals surface area contributed by atoms with Crippen molar-refractivity contribution in [1.29, 1.82) is 0 Å². The Labute approximate surface area is 214 Å². The van der Waals surface area contributed by atoms with Crippen LogP contribution >= 0.6 is 0 Å². The maximum Gasteiger partial charge on any atom is 0.303 e. The van der Waals surface area contributed by atoms with E-state index in [0.717, 1.165) is 31.4 Å². The van der Waals surface area contributed by atoms with Crippen molar-refractivity contribution in [2.75, 3.05) is 19.6 Å². The number of aryl methyl sites for hydroxylation is 1. The van der Waals surface area contributed by atoms with Gasteiger partial charge < -0.3 is 14.3 Å². The van der Waals surface area contributed by atoms with Crippen molar-refractivity contribution >= 4 is 17.1 Å². The van der Waals surface area contributed by atoms with Gasteiger partial charge in [-0.1, -0.05) is 43.3 Å². The number of halogens is 1. The molecule has 2 aromatic carbocycles. The quantitative estimate of drug-likeness (QED) is 0.301. The lowest BCUT2D eigenvalue weighted by Gasteiger charge is -2.32. The van der Waals surface area contributed by atoms with Crippen molar-refractivity contribution in [3.63, 3.8) is 0 Å². The number of aromatic nitrogens is 2. The minimum atomic E-state index is -0.779. The average molecular weight is 504 g/mol. The van der Waals surface area contributed by atoms with Crippen LogP contribution in [0.1, 0.15) is 38.2 Å². The van der Waals surface area contributed by atoms with E-state index in [1.54, 1.807) is 18.2 Å². The molecule has 1 unspecified atom stereocenters. The lowest BCUT2D eigenvalue weighted by Crippen LogP contribution is -2.41. The monoisotopic (exact) mass is 503 g/mol. The van der Waals surface area contributed by atoms with E-state index in [2.05, 4.69) is 33.9 Å². The summed E-state index contributed by atoms with van der Waals surface area (Å²) in [5.41, 5.74) is 3.46.